The van der Waals surface area contributed by atoms with Gasteiger partial charge in [-0.3, -0.25) is 4.79 Å². The molecule has 0 bridgehead atoms. The number of fused-ring (bicyclic) bond motifs is 1. The predicted molar refractivity (Wildman–Crippen MR) is 129 cm³/mol. The van der Waals surface area contributed by atoms with Gasteiger partial charge in [-0.1, -0.05) is 46.3 Å². The number of furan rings is 1. The number of aromatic nitrogens is 1. The highest BCUT2D eigenvalue weighted by Gasteiger charge is 2.10. The molecule has 2 heterocycles. The Hall–Kier alpha value is -3.90. The normalized spacial score (nSPS) is 11.3. The van der Waals surface area contributed by atoms with Gasteiger partial charge in [0.15, 0.2) is 5.58 Å². The first-order valence-corrected chi connectivity index (χ1v) is 10.7. The molecule has 5 rings (SSSR count). The van der Waals surface area contributed by atoms with E-state index in [1.165, 1.54) is 6.08 Å². The van der Waals surface area contributed by atoms with E-state index in [9.17, 15) is 4.79 Å². The lowest BCUT2D eigenvalue weighted by atomic mass is 10.2. The Morgan fingerprint density at radius 3 is 2.50 bits per heavy atom. The third kappa shape index (κ3) is 4.40. The minimum atomic E-state index is -0.265. The molecule has 1 amide bonds. The van der Waals surface area contributed by atoms with Crippen LogP contribution in [0, 0.1) is 0 Å². The van der Waals surface area contributed by atoms with Crippen molar-refractivity contribution in [2.75, 3.05) is 5.32 Å². The van der Waals surface area contributed by atoms with E-state index in [4.69, 9.17) is 8.83 Å². The Labute approximate surface area is 192 Å². The quantitative estimate of drug-likeness (QED) is 0.268. The van der Waals surface area contributed by atoms with Crippen molar-refractivity contribution in [2.45, 2.75) is 0 Å². The highest BCUT2D eigenvalue weighted by atomic mass is 79.9. The van der Waals surface area contributed by atoms with E-state index in [1.54, 1.807) is 24.3 Å². The van der Waals surface area contributed by atoms with Crippen molar-refractivity contribution in [1.29, 1.82) is 0 Å². The van der Waals surface area contributed by atoms with Crippen LogP contribution in [0.25, 0.3) is 40.0 Å². The second-order valence-corrected chi connectivity index (χ2v) is 8.01. The molecular weight excluding hydrogens is 468 g/mol. The average molecular weight is 485 g/mol. The Balaban J connectivity index is 1.28. The SMILES string of the molecule is O=C(/C=C/c1ccc(-c2ccccc2)o1)Nc1ccc2oc(-c3ccc(Br)cc3)nc2c1. The first kappa shape index (κ1) is 20.0. The lowest BCUT2D eigenvalue weighted by Crippen LogP contribution is -2.07. The van der Waals surface area contributed by atoms with Gasteiger partial charge in [0.05, 0.1) is 0 Å². The number of anilines is 1. The van der Waals surface area contributed by atoms with Crippen LogP contribution in [0.1, 0.15) is 5.76 Å². The van der Waals surface area contributed by atoms with Gasteiger partial charge in [0.25, 0.3) is 0 Å². The van der Waals surface area contributed by atoms with Crippen LogP contribution >= 0.6 is 15.9 Å². The summed E-state index contributed by atoms with van der Waals surface area (Å²) in [4.78, 5) is 16.9. The van der Waals surface area contributed by atoms with Crippen molar-refractivity contribution in [1.82, 2.24) is 4.98 Å². The molecule has 0 saturated carbocycles. The molecule has 1 N–H and O–H groups in total. The van der Waals surface area contributed by atoms with Crippen molar-refractivity contribution in [3.8, 4) is 22.8 Å². The van der Waals surface area contributed by atoms with Gasteiger partial charge < -0.3 is 14.2 Å². The van der Waals surface area contributed by atoms with E-state index in [0.717, 1.165) is 21.4 Å². The zero-order valence-corrected chi connectivity index (χ0v) is 18.4. The van der Waals surface area contributed by atoms with Crippen LogP contribution in [-0.4, -0.2) is 10.9 Å². The fraction of sp³-hybridized carbons (Fsp3) is 0. The standard InChI is InChI=1S/C26H17BrN2O3/c27-19-8-6-18(7-9-19)26-29-22-16-20(10-13-24(22)32-26)28-25(30)15-12-21-11-14-23(31-21)17-4-2-1-3-5-17/h1-16H,(H,28,30)/b15-12+. The van der Waals surface area contributed by atoms with E-state index in [1.807, 2.05) is 66.7 Å². The Kier molecular flexibility index (Phi) is 5.44. The van der Waals surface area contributed by atoms with Crippen molar-refractivity contribution in [3.63, 3.8) is 0 Å². The molecule has 0 fully saturated rings. The number of oxazole rings is 1. The zero-order valence-electron chi connectivity index (χ0n) is 16.8. The molecular formula is C26H17BrN2O3. The molecule has 5 nitrogen and oxygen atoms in total. The van der Waals surface area contributed by atoms with Gasteiger partial charge in [-0.2, -0.15) is 0 Å². The van der Waals surface area contributed by atoms with Crippen molar-refractivity contribution in [3.05, 3.63) is 101 Å². The van der Waals surface area contributed by atoms with Crippen molar-refractivity contribution >= 4 is 44.7 Å². The van der Waals surface area contributed by atoms with Gasteiger partial charge in [-0.25, -0.2) is 4.98 Å². The molecule has 3 aromatic carbocycles. The summed E-state index contributed by atoms with van der Waals surface area (Å²) in [6.45, 7) is 0. The average Bonchev–Trinajstić information content (AvgIpc) is 3.46. The molecule has 0 aliphatic rings. The number of rotatable bonds is 5. The topological polar surface area (TPSA) is 68.3 Å². The maximum absolute atomic E-state index is 12.4. The molecule has 0 spiro atoms. The molecule has 5 aromatic rings. The van der Waals surface area contributed by atoms with Crippen LogP contribution < -0.4 is 5.32 Å². The summed E-state index contributed by atoms with van der Waals surface area (Å²) in [7, 11) is 0. The number of nitrogens with one attached hydrogen (secondary N) is 1. The summed E-state index contributed by atoms with van der Waals surface area (Å²) < 4.78 is 12.6. The minimum Gasteiger partial charge on any atom is -0.457 e. The lowest BCUT2D eigenvalue weighted by Gasteiger charge is -2.00. The highest BCUT2D eigenvalue weighted by molar-refractivity contribution is 9.10. The number of amides is 1. The smallest absolute Gasteiger partial charge is 0.248 e. The van der Waals surface area contributed by atoms with E-state index in [-0.39, 0.29) is 5.91 Å². The van der Waals surface area contributed by atoms with E-state index in [2.05, 4.69) is 26.2 Å². The number of halogens is 1. The molecule has 0 radical (unpaired) electrons. The van der Waals surface area contributed by atoms with Crippen LogP contribution in [0.5, 0.6) is 0 Å². The van der Waals surface area contributed by atoms with Gasteiger partial charge in [0.1, 0.15) is 17.0 Å². The summed E-state index contributed by atoms with van der Waals surface area (Å²) in [5, 5.41) is 2.84. The van der Waals surface area contributed by atoms with Gasteiger partial charge >= 0.3 is 0 Å². The van der Waals surface area contributed by atoms with Crippen molar-refractivity contribution < 1.29 is 13.6 Å². The predicted octanol–water partition coefficient (Wildman–Crippen LogP) is 7.17. The number of benzene rings is 3. The molecule has 2 aromatic heterocycles. The van der Waals surface area contributed by atoms with Gasteiger partial charge in [0.2, 0.25) is 11.8 Å². The van der Waals surface area contributed by atoms with Gasteiger partial charge in [-0.05, 0) is 60.7 Å². The first-order valence-electron chi connectivity index (χ1n) is 9.95. The summed E-state index contributed by atoms with van der Waals surface area (Å²) in [6.07, 6.45) is 3.08. The van der Waals surface area contributed by atoms with E-state index >= 15 is 0 Å². The van der Waals surface area contributed by atoms with E-state index < -0.39 is 0 Å². The third-order valence-corrected chi connectivity index (χ3v) is 5.36. The fourth-order valence-corrected chi connectivity index (χ4v) is 3.53. The number of hydrogen-bond acceptors (Lipinski definition) is 4. The fourth-order valence-electron chi connectivity index (χ4n) is 3.26. The summed E-state index contributed by atoms with van der Waals surface area (Å²) >= 11 is 3.42. The molecule has 156 valence electrons. The van der Waals surface area contributed by atoms with Gasteiger partial charge in [-0.15, -0.1) is 0 Å². The second-order valence-electron chi connectivity index (χ2n) is 7.10. The lowest BCUT2D eigenvalue weighted by molar-refractivity contribution is -0.111. The molecule has 6 heteroatoms. The maximum Gasteiger partial charge on any atom is 0.248 e. The van der Waals surface area contributed by atoms with Crippen LogP contribution in [0.4, 0.5) is 5.69 Å². The summed E-state index contributed by atoms with van der Waals surface area (Å²) in [5.74, 6) is 1.62. The number of hydrogen-bond donors (Lipinski definition) is 1. The van der Waals surface area contributed by atoms with Crippen LogP contribution in [0.2, 0.25) is 0 Å². The minimum absolute atomic E-state index is 0.265. The molecule has 0 atom stereocenters. The molecule has 0 unspecified atom stereocenters. The first-order chi connectivity index (χ1) is 15.6. The second kappa shape index (κ2) is 8.69. The molecule has 0 aliphatic heterocycles. The number of nitrogens with zero attached hydrogens (tertiary/aromatic N) is 1. The molecule has 0 aliphatic carbocycles. The summed E-state index contributed by atoms with van der Waals surface area (Å²) in [5.41, 5.74) is 3.82. The Bertz CT molecular complexity index is 1420. The van der Waals surface area contributed by atoms with E-state index in [0.29, 0.717) is 28.4 Å². The molecule has 32 heavy (non-hydrogen) atoms. The number of carbonyl (C=O) groups excluding carboxylic acids is 1. The highest BCUT2D eigenvalue weighted by Crippen LogP contribution is 2.27. The monoisotopic (exact) mass is 484 g/mol. The van der Waals surface area contributed by atoms with Crippen molar-refractivity contribution in [2.24, 2.45) is 0 Å². The van der Waals surface area contributed by atoms with Gasteiger partial charge in [0, 0.05) is 27.4 Å². The maximum atomic E-state index is 12.4. The zero-order chi connectivity index (χ0) is 21.9. The number of carbonyl (C=O) groups is 1. The van der Waals surface area contributed by atoms with Crippen LogP contribution in [-0.2, 0) is 4.79 Å². The molecule has 0 saturated heterocycles. The largest absolute Gasteiger partial charge is 0.457 e. The van der Waals surface area contributed by atoms with Crippen LogP contribution in [0.15, 0.2) is 104 Å². The van der Waals surface area contributed by atoms with Crippen LogP contribution in [0.3, 0.4) is 0 Å². The summed E-state index contributed by atoms with van der Waals surface area (Å²) in [6, 6.07) is 26.6. The Morgan fingerprint density at radius 2 is 1.69 bits per heavy atom. The third-order valence-electron chi connectivity index (χ3n) is 4.83. The Morgan fingerprint density at radius 1 is 0.875 bits per heavy atom.